The minimum atomic E-state index is -0.750. The minimum absolute atomic E-state index is 0.0218. The topological polar surface area (TPSA) is 317 Å². The fourth-order valence-corrected chi connectivity index (χ4v) is 4.68. The summed E-state index contributed by atoms with van der Waals surface area (Å²) in [4.78, 5) is 68.6. The zero-order chi connectivity index (χ0) is 48.5. The first kappa shape index (κ1) is 52.8. The molecule has 1 saturated heterocycles. The van der Waals surface area contributed by atoms with Gasteiger partial charge in [-0.1, -0.05) is 6.58 Å². The molecule has 0 bridgehead atoms. The summed E-state index contributed by atoms with van der Waals surface area (Å²) in [6.45, 7) is 4.99. The largest absolute Gasteiger partial charge is 0.510 e. The van der Waals surface area contributed by atoms with Crippen LogP contribution < -0.4 is 26.3 Å². The molecule has 5 rings (SSSR count). The molecule has 0 spiro atoms. The molecule has 346 valence electrons. The molecule has 1 fully saturated rings. The van der Waals surface area contributed by atoms with Gasteiger partial charge in [0.2, 0.25) is 0 Å². The SMILES string of the molecule is C=C1CC(=O)O1.COC(=O)c1cc(N)cc(C(=O)OC)c1.COC(=O)c1cc(N=NC(C(=O)Nc2ccc(OCCO)cc2)=C(C)O)cc(C(=O)OC)c1.Nc1ccc(OCCO)cc1. The number of amides is 1. The Morgan fingerprint density at radius 3 is 1.42 bits per heavy atom. The van der Waals surface area contributed by atoms with Gasteiger partial charge in [-0.3, -0.25) is 9.59 Å². The van der Waals surface area contributed by atoms with Crippen molar-refractivity contribution in [3.63, 3.8) is 0 Å². The standard InChI is InChI=1S/C22H23N3O8.C10H11NO4.C8H11NO2.C4H4O2/c1-13(27)19(20(28)23-16-4-6-18(7-5-16)33-9-8-26)25-24-17-11-14(21(29)31-2)10-15(12-17)22(30)32-3;1-14-9(12)6-3-7(10(13)15-2)5-8(11)4-6;9-7-1-3-8(4-2-7)11-6-5-10;1-3-2-4(5)6-3/h4-7,10-12,26-27H,8-9H2,1-3H3,(H,23,28);3-5H,11H2,1-2H3;1-4,10H,5-6,9H2;1-2H2. The highest BCUT2D eigenvalue weighted by atomic mass is 16.6. The van der Waals surface area contributed by atoms with Crippen LogP contribution in [-0.2, 0) is 33.3 Å². The van der Waals surface area contributed by atoms with Crippen LogP contribution in [0.2, 0.25) is 0 Å². The van der Waals surface area contributed by atoms with Crippen LogP contribution in [-0.4, -0.2) is 106 Å². The van der Waals surface area contributed by atoms with E-state index in [1.807, 2.05) is 0 Å². The van der Waals surface area contributed by atoms with Gasteiger partial charge < -0.3 is 65.3 Å². The van der Waals surface area contributed by atoms with Crippen LogP contribution in [0.1, 0.15) is 54.8 Å². The first-order chi connectivity index (χ1) is 31.0. The van der Waals surface area contributed by atoms with Crippen molar-refractivity contribution in [2.75, 3.05) is 71.7 Å². The highest BCUT2D eigenvalue weighted by molar-refractivity contribution is 6.03. The first-order valence-corrected chi connectivity index (χ1v) is 18.8. The molecule has 0 aromatic heterocycles. The fourth-order valence-electron chi connectivity index (χ4n) is 4.68. The van der Waals surface area contributed by atoms with E-state index >= 15 is 0 Å². The van der Waals surface area contributed by atoms with Gasteiger partial charge in [0.25, 0.3) is 5.91 Å². The van der Waals surface area contributed by atoms with Crippen LogP contribution >= 0.6 is 0 Å². The molecular formula is C44H49N5O16. The molecule has 1 aliphatic heterocycles. The molecule has 4 aromatic carbocycles. The van der Waals surface area contributed by atoms with Crippen LogP contribution in [0, 0.1) is 0 Å². The number of cyclic esters (lactones) is 1. The number of aliphatic hydroxyl groups excluding tert-OH is 3. The van der Waals surface area contributed by atoms with Crippen molar-refractivity contribution in [1.82, 2.24) is 0 Å². The van der Waals surface area contributed by atoms with Crippen molar-refractivity contribution in [1.29, 1.82) is 0 Å². The molecule has 21 nitrogen and oxygen atoms in total. The van der Waals surface area contributed by atoms with Crippen LogP contribution in [0.3, 0.4) is 0 Å². The number of azo groups is 1. The van der Waals surface area contributed by atoms with E-state index in [9.17, 15) is 33.9 Å². The van der Waals surface area contributed by atoms with E-state index in [1.165, 1.54) is 71.8 Å². The Labute approximate surface area is 372 Å². The number of esters is 5. The predicted octanol–water partition coefficient (Wildman–Crippen LogP) is 5.07. The van der Waals surface area contributed by atoms with Crippen molar-refractivity contribution in [3.05, 3.63) is 131 Å². The number of benzene rings is 4. The van der Waals surface area contributed by atoms with Crippen molar-refractivity contribution < 1.29 is 77.2 Å². The zero-order valence-electron chi connectivity index (χ0n) is 36.0. The summed E-state index contributed by atoms with van der Waals surface area (Å²) in [5.74, 6) is -2.03. The summed E-state index contributed by atoms with van der Waals surface area (Å²) < 4.78 is 33.0. The van der Waals surface area contributed by atoms with Crippen molar-refractivity contribution >= 4 is 58.5 Å². The average molecular weight is 904 g/mol. The maximum Gasteiger partial charge on any atom is 0.337 e. The molecule has 1 aliphatic rings. The lowest BCUT2D eigenvalue weighted by Gasteiger charge is -2.12. The van der Waals surface area contributed by atoms with Gasteiger partial charge in [0.15, 0.2) is 5.70 Å². The third-order valence-corrected chi connectivity index (χ3v) is 7.69. The summed E-state index contributed by atoms with van der Waals surface area (Å²) in [5.41, 5.74) is 12.5. The monoisotopic (exact) mass is 903 g/mol. The summed E-state index contributed by atoms with van der Waals surface area (Å²) >= 11 is 0. The molecule has 0 atom stereocenters. The van der Waals surface area contributed by atoms with E-state index in [2.05, 4.69) is 45.8 Å². The van der Waals surface area contributed by atoms with Crippen molar-refractivity contribution in [2.45, 2.75) is 13.3 Å². The Morgan fingerprint density at radius 2 is 1.08 bits per heavy atom. The number of nitrogens with one attached hydrogen (secondary N) is 1. The maximum absolute atomic E-state index is 12.6. The Bertz CT molecular complexity index is 2250. The van der Waals surface area contributed by atoms with Gasteiger partial charge in [-0.15, -0.1) is 5.11 Å². The Balaban J connectivity index is 0.000000367. The molecule has 0 unspecified atom stereocenters. The van der Waals surface area contributed by atoms with Crippen LogP contribution in [0.15, 0.2) is 119 Å². The summed E-state index contributed by atoms with van der Waals surface area (Å²) in [5, 5.41) is 37.4. The Hall–Kier alpha value is -8.30. The fraction of sp³-hybridized carbons (Fsp3) is 0.227. The molecule has 0 saturated carbocycles. The van der Waals surface area contributed by atoms with Crippen LogP contribution in [0.4, 0.5) is 22.7 Å². The molecule has 8 N–H and O–H groups in total. The van der Waals surface area contributed by atoms with E-state index in [0.29, 0.717) is 41.6 Å². The summed E-state index contributed by atoms with van der Waals surface area (Å²) in [6.07, 6.45) is 0.417. The first-order valence-electron chi connectivity index (χ1n) is 18.8. The lowest BCUT2D eigenvalue weighted by molar-refractivity contribution is -0.148. The number of anilines is 3. The second-order valence-electron chi connectivity index (χ2n) is 12.6. The highest BCUT2D eigenvalue weighted by Crippen LogP contribution is 2.23. The maximum atomic E-state index is 12.6. The number of aliphatic hydroxyl groups is 3. The molecular weight excluding hydrogens is 855 g/mol. The van der Waals surface area contributed by atoms with Crippen LogP contribution in [0.5, 0.6) is 11.5 Å². The average Bonchev–Trinajstić information content (AvgIpc) is 3.29. The molecule has 21 heteroatoms. The third-order valence-electron chi connectivity index (χ3n) is 7.69. The van der Waals surface area contributed by atoms with Crippen LogP contribution in [0.25, 0.3) is 0 Å². The predicted molar refractivity (Wildman–Crippen MR) is 233 cm³/mol. The molecule has 0 aliphatic carbocycles. The molecule has 0 radical (unpaired) electrons. The highest BCUT2D eigenvalue weighted by Gasteiger charge is 2.18. The minimum Gasteiger partial charge on any atom is -0.510 e. The van der Waals surface area contributed by atoms with Gasteiger partial charge in [-0.2, -0.15) is 5.11 Å². The van der Waals surface area contributed by atoms with Gasteiger partial charge in [0.1, 0.15) is 42.7 Å². The summed E-state index contributed by atoms with van der Waals surface area (Å²) in [7, 11) is 4.87. The molecule has 1 heterocycles. The molecule has 65 heavy (non-hydrogen) atoms. The lowest BCUT2D eigenvalue weighted by atomic mass is 10.1. The zero-order valence-corrected chi connectivity index (χ0v) is 36.0. The number of nitrogens with two attached hydrogens (primary N) is 2. The number of hydrogen-bond donors (Lipinski definition) is 6. The second kappa shape index (κ2) is 27.6. The Morgan fingerprint density at radius 1 is 0.677 bits per heavy atom. The number of allylic oxidation sites excluding steroid dienone is 1. The smallest absolute Gasteiger partial charge is 0.337 e. The van der Waals surface area contributed by atoms with Gasteiger partial charge >= 0.3 is 29.8 Å². The normalized spacial score (nSPS) is 11.4. The number of carbonyl (C=O) groups excluding carboxylic acids is 6. The number of ether oxygens (including phenoxy) is 7. The second-order valence-corrected chi connectivity index (χ2v) is 12.6. The van der Waals surface area contributed by atoms with Crippen molar-refractivity contribution in [3.8, 4) is 11.5 Å². The van der Waals surface area contributed by atoms with Gasteiger partial charge in [-0.25, -0.2) is 19.2 Å². The van der Waals surface area contributed by atoms with Crippen molar-refractivity contribution in [2.24, 2.45) is 10.2 Å². The van der Waals surface area contributed by atoms with E-state index in [4.69, 9.17) is 31.2 Å². The Kier molecular flexibility index (Phi) is 22.4. The van der Waals surface area contributed by atoms with E-state index < -0.39 is 41.2 Å². The van der Waals surface area contributed by atoms with E-state index in [-0.39, 0.29) is 53.7 Å². The van der Waals surface area contributed by atoms with Gasteiger partial charge in [0, 0.05) is 17.1 Å². The van der Waals surface area contributed by atoms with E-state index in [1.54, 1.807) is 48.5 Å². The number of nitrogen functional groups attached to an aromatic ring is 2. The van der Waals surface area contributed by atoms with Gasteiger partial charge in [-0.05, 0) is 91.9 Å². The number of hydrogen-bond acceptors (Lipinski definition) is 20. The number of rotatable bonds is 14. The number of nitrogens with zero attached hydrogens (tertiary/aromatic N) is 2. The van der Waals surface area contributed by atoms with Gasteiger partial charge in [0.05, 0.1) is 69.6 Å². The summed E-state index contributed by atoms with van der Waals surface area (Å²) in [6, 6.07) is 21.5. The quantitative estimate of drug-likeness (QED) is 0.0240. The third kappa shape index (κ3) is 18.7. The molecule has 1 amide bonds. The van der Waals surface area contributed by atoms with E-state index in [0.717, 1.165) is 5.75 Å². The number of methoxy groups -OCH3 is 4. The lowest BCUT2D eigenvalue weighted by Crippen LogP contribution is -2.15. The molecule has 4 aromatic rings. The number of carbonyl (C=O) groups is 6.